The van der Waals surface area contributed by atoms with Gasteiger partial charge >= 0.3 is 10.1 Å². The zero-order valence-electron chi connectivity index (χ0n) is 65.7. The summed E-state index contributed by atoms with van der Waals surface area (Å²) in [5.74, 6) is -15.9. The molecular weight excluding hydrogens is 1770 g/mol. The first kappa shape index (κ1) is 93.0. The van der Waals surface area contributed by atoms with Crippen molar-refractivity contribution in [1.82, 2.24) is 43.6 Å². The van der Waals surface area contributed by atoms with Crippen LogP contribution in [-0.2, 0) is 41.3 Å². The molecule has 6 heterocycles. The van der Waals surface area contributed by atoms with Crippen molar-refractivity contribution in [1.29, 1.82) is 0 Å². The van der Waals surface area contributed by atoms with Gasteiger partial charge in [0.2, 0.25) is 40.8 Å². The molecule has 10 aromatic carbocycles. The molecule has 16 aromatic rings. The predicted molar refractivity (Wildman–Crippen MR) is 472 cm³/mol. The molecular formula is C90H70Cl3F8N10O10PS3. The standard InChI is InChI=1S/C29H16ClF6NO4S.2C28H21ClFN3O3S.C4H5N3.CH4.H3P/c1-13-9-15(3-6-19(13)30)18-10-14(2)22(12-20(18)31)37-21-7-5-17(11-16(21)4-8-23(37)38)42(39,40)41-29-27(35)25(33)24(32)26(34)28(29)36;2*1-17-12-19(4-7-23(17)29)22-13-18(2)26(15-24(22)30)33-25-8-6-21(14-20(25)5-9-28(33)34)37(35,36)16-27-31-10-3-11-32-27;5-4-6-2-1-3-7-4;;/h3-12H,1-2H3;2*3-15H,16H2,1-2H3;1-3H,(H2,5,6,7);1H4;1H3. The van der Waals surface area contributed by atoms with Gasteiger partial charge in [0.25, 0.3) is 16.7 Å². The highest BCUT2D eigenvalue weighted by molar-refractivity contribution is 7.91. The molecule has 125 heavy (non-hydrogen) atoms. The smallest absolute Gasteiger partial charge is 0.339 e. The van der Waals surface area contributed by atoms with Crippen molar-refractivity contribution in [3.63, 3.8) is 0 Å². The molecule has 0 aliphatic rings. The number of rotatable bonds is 15. The Labute approximate surface area is 728 Å². The van der Waals surface area contributed by atoms with E-state index in [1.165, 1.54) is 94.6 Å². The maximum atomic E-state index is 15.4. The summed E-state index contributed by atoms with van der Waals surface area (Å²) in [5.41, 5.74) is 12.9. The lowest BCUT2D eigenvalue weighted by molar-refractivity contribution is 0.346. The number of pyridine rings is 3. The Morgan fingerprint density at radius 1 is 0.352 bits per heavy atom. The average Bonchev–Trinajstić information content (AvgIpc) is 0.765. The number of fused-ring (bicyclic) bond motifs is 3. The number of hydrogen-bond acceptors (Lipinski definition) is 17. The fraction of sp³-hybridized carbons (Fsp3) is 0.100. The fourth-order valence-electron chi connectivity index (χ4n) is 13.2. The first-order chi connectivity index (χ1) is 58.4. The molecule has 2 N–H and O–H groups in total. The summed E-state index contributed by atoms with van der Waals surface area (Å²) in [6, 6.07) is 49.3. The van der Waals surface area contributed by atoms with Gasteiger partial charge in [-0.25, -0.2) is 73.1 Å². The monoisotopic (exact) mass is 1830 g/mol. The third-order valence-electron chi connectivity index (χ3n) is 19.4. The van der Waals surface area contributed by atoms with Crippen LogP contribution in [0.2, 0.25) is 15.1 Å². The largest absolute Gasteiger partial charge is 0.372 e. The van der Waals surface area contributed by atoms with E-state index in [0.29, 0.717) is 98.7 Å². The van der Waals surface area contributed by atoms with Crippen molar-refractivity contribution in [2.45, 2.75) is 75.2 Å². The van der Waals surface area contributed by atoms with Gasteiger partial charge in [0.1, 0.15) is 45.5 Å². The minimum Gasteiger partial charge on any atom is -0.372 e. The summed E-state index contributed by atoms with van der Waals surface area (Å²) in [7, 11) is -12.6. The van der Waals surface area contributed by atoms with E-state index in [4.69, 9.17) is 40.5 Å². The van der Waals surface area contributed by atoms with Crippen molar-refractivity contribution < 1.29 is 64.6 Å². The van der Waals surface area contributed by atoms with Crippen LogP contribution in [0.4, 0.5) is 41.1 Å². The maximum Gasteiger partial charge on any atom is 0.339 e. The number of benzene rings is 10. The lowest BCUT2D eigenvalue weighted by Gasteiger charge is -2.16. The van der Waals surface area contributed by atoms with Crippen molar-refractivity contribution in [2.24, 2.45) is 0 Å². The van der Waals surface area contributed by atoms with Crippen molar-refractivity contribution in [2.75, 3.05) is 5.73 Å². The molecule has 1 atom stereocenters. The second kappa shape index (κ2) is 38.2. The first-order valence-corrected chi connectivity index (χ1v) is 42.4. The summed E-state index contributed by atoms with van der Waals surface area (Å²) >= 11 is 18.3. The number of hydrogen-bond donors (Lipinski definition) is 1. The van der Waals surface area contributed by atoms with Gasteiger partial charge in [-0.15, -0.1) is 0 Å². The number of sulfone groups is 2. The van der Waals surface area contributed by atoms with Gasteiger partial charge in [0, 0.05) is 103 Å². The second-order valence-electron chi connectivity index (χ2n) is 27.8. The van der Waals surface area contributed by atoms with E-state index < -0.39 is 92.5 Å². The van der Waals surface area contributed by atoms with Gasteiger partial charge in [-0.3, -0.25) is 28.1 Å². The van der Waals surface area contributed by atoms with Crippen LogP contribution in [0.1, 0.15) is 52.5 Å². The lowest BCUT2D eigenvalue weighted by Crippen LogP contribution is -2.19. The maximum absolute atomic E-state index is 15.4. The first-order valence-electron chi connectivity index (χ1n) is 36.5. The summed E-state index contributed by atoms with van der Waals surface area (Å²) < 4.78 is 200. The van der Waals surface area contributed by atoms with Crippen LogP contribution in [0, 0.1) is 88.1 Å². The van der Waals surface area contributed by atoms with Gasteiger partial charge in [-0.2, -0.15) is 27.1 Å². The van der Waals surface area contributed by atoms with Gasteiger partial charge in [-0.1, -0.05) is 60.4 Å². The normalized spacial score (nSPS) is 11.3. The highest BCUT2D eigenvalue weighted by atomic mass is 35.5. The topological polar surface area (TPSA) is 281 Å². The average molecular weight is 1840 g/mol. The van der Waals surface area contributed by atoms with Crippen LogP contribution < -0.4 is 26.6 Å². The molecule has 16 rings (SSSR count). The Morgan fingerprint density at radius 3 is 0.936 bits per heavy atom. The quantitative estimate of drug-likeness (QED) is 0.0328. The van der Waals surface area contributed by atoms with Crippen LogP contribution in [0.15, 0.2) is 266 Å². The minimum absolute atomic E-state index is 0. The van der Waals surface area contributed by atoms with Gasteiger partial charge < -0.3 is 9.92 Å². The molecule has 0 fully saturated rings. The van der Waals surface area contributed by atoms with Crippen molar-refractivity contribution >= 4 is 113 Å². The Bertz CT molecular complexity index is 7210. The molecule has 0 saturated heterocycles. The van der Waals surface area contributed by atoms with E-state index in [1.54, 1.807) is 137 Å². The third-order valence-corrected chi connectivity index (χ3v) is 25.1. The molecule has 640 valence electrons. The van der Waals surface area contributed by atoms with Crippen LogP contribution >= 0.6 is 44.7 Å². The number of halogens is 11. The highest BCUT2D eigenvalue weighted by Gasteiger charge is 2.32. The number of nitrogens with two attached hydrogens (primary N) is 1. The lowest BCUT2D eigenvalue weighted by atomic mass is 9.99. The summed E-state index contributed by atoms with van der Waals surface area (Å²) in [6.45, 7) is 10.7. The Kier molecular flexibility index (Phi) is 28.4. The molecule has 0 aliphatic carbocycles. The van der Waals surface area contributed by atoms with Gasteiger partial charge in [0.15, 0.2) is 19.7 Å². The Morgan fingerprint density at radius 2 is 0.640 bits per heavy atom. The van der Waals surface area contributed by atoms with Gasteiger partial charge in [-0.05, 0) is 255 Å². The number of nitrogens with zero attached hydrogens (tertiary/aromatic N) is 9. The zero-order valence-corrected chi connectivity index (χ0v) is 71.8. The van der Waals surface area contributed by atoms with Gasteiger partial charge in [0.05, 0.1) is 43.4 Å². The predicted octanol–water partition coefficient (Wildman–Crippen LogP) is 19.9. The van der Waals surface area contributed by atoms with Crippen LogP contribution in [0.25, 0.3) is 83.2 Å². The zero-order chi connectivity index (χ0) is 88.4. The Hall–Kier alpha value is -12.7. The fourth-order valence-corrected chi connectivity index (χ4v) is 17.0. The van der Waals surface area contributed by atoms with E-state index in [-0.39, 0.29) is 83.5 Å². The van der Waals surface area contributed by atoms with Crippen LogP contribution in [-0.4, -0.2) is 68.9 Å². The van der Waals surface area contributed by atoms with Crippen LogP contribution in [0.3, 0.4) is 0 Å². The molecule has 0 aliphatic heterocycles. The molecule has 0 bridgehead atoms. The number of aryl methyl sites for hydroxylation is 6. The van der Waals surface area contributed by atoms with E-state index in [9.17, 15) is 61.6 Å². The summed E-state index contributed by atoms with van der Waals surface area (Å²) in [4.78, 5) is 61.5. The molecule has 35 heteroatoms. The van der Waals surface area contributed by atoms with Crippen molar-refractivity contribution in [3.05, 3.63) is 375 Å². The SMILES string of the molecule is C.Cc1cc(-c2cc(C)c(-n3c(=O)ccc4cc(S(=O)(=O)Cc5ncccn5)ccc43)cc2F)ccc1Cl.Cc1cc(-c2cc(C)c(-n3c(=O)ccc4cc(S(=O)(=O)Cc5ncccn5)ccc43)cc2F)ccc1Cl.Cc1cc(-c2cc(C)c(-n3c(=O)ccc4cc(S(=O)(=O)Oc5c(F)c(F)c(F)c(F)c5F)ccc43)cc2F)ccc1Cl.Nc1ncccn1.P. The minimum atomic E-state index is -5.13. The number of aromatic nitrogens is 9. The number of nitrogen functional groups attached to an aromatic ring is 1. The molecule has 0 spiro atoms. The summed E-state index contributed by atoms with van der Waals surface area (Å²) in [5, 5.41) is 2.83. The van der Waals surface area contributed by atoms with E-state index in [2.05, 4.69) is 34.1 Å². The molecule has 0 saturated carbocycles. The molecule has 1 unspecified atom stereocenters. The molecule has 20 nitrogen and oxygen atoms in total. The Balaban J connectivity index is 0.000000174. The second-order valence-corrected chi connectivity index (χ2v) is 34.6. The van der Waals surface area contributed by atoms with E-state index in [1.807, 2.05) is 26.0 Å². The highest BCUT2D eigenvalue weighted by Crippen LogP contribution is 2.38. The molecule has 6 aromatic heterocycles. The summed E-state index contributed by atoms with van der Waals surface area (Å²) in [6.07, 6.45) is 9.13. The van der Waals surface area contributed by atoms with E-state index in [0.717, 1.165) is 51.6 Å². The number of anilines is 1. The van der Waals surface area contributed by atoms with Crippen molar-refractivity contribution in [3.8, 4) is 56.2 Å². The molecule has 0 radical (unpaired) electrons. The van der Waals surface area contributed by atoms with E-state index >= 15 is 13.2 Å². The third kappa shape index (κ3) is 20.1. The van der Waals surface area contributed by atoms with Crippen LogP contribution in [0.5, 0.6) is 5.75 Å². The molecule has 0 amide bonds.